The number of imidazole rings is 1. The minimum atomic E-state index is -0.393. The Kier molecular flexibility index (Phi) is 8.56. The van der Waals surface area contributed by atoms with Crippen LogP contribution in [0.4, 0.5) is 5.82 Å². The number of nitrogens with zero attached hydrogens (tertiary/aromatic N) is 3. The van der Waals surface area contributed by atoms with Gasteiger partial charge in [0.25, 0.3) is 0 Å². The molecule has 0 aliphatic rings. The van der Waals surface area contributed by atoms with Crippen LogP contribution in [-0.2, 0) is 43.0 Å². The zero-order chi connectivity index (χ0) is 20.1. The molecular formula is C21H30N5O2Pd-. The normalized spacial score (nSPS) is 11.9. The van der Waals surface area contributed by atoms with Crippen LogP contribution in [-0.4, -0.2) is 39.9 Å². The molecule has 0 saturated carbocycles. The Balaban J connectivity index is 0.00000300. The fourth-order valence-electron chi connectivity index (χ4n) is 3.38. The zero-order valence-corrected chi connectivity index (χ0v) is 18.9. The molecule has 29 heavy (non-hydrogen) atoms. The second kappa shape index (κ2) is 10.5. The third-order valence-corrected chi connectivity index (χ3v) is 4.73. The van der Waals surface area contributed by atoms with Gasteiger partial charge in [-0.1, -0.05) is 24.3 Å². The monoisotopic (exact) mass is 490 g/mol. The molecule has 0 saturated heterocycles. The summed E-state index contributed by atoms with van der Waals surface area (Å²) >= 11 is 0. The van der Waals surface area contributed by atoms with Crippen molar-refractivity contribution < 1.29 is 29.9 Å². The molecule has 0 amide bonds. The molecule has 2 heterocycles. The molecule has 3 rings (SSSR count). The van der Waals surface area contributed by atoms with E-state index in [2.05, 4.69) is 23.4 Å². The number of ether oxygens (including phenoxy) is 2. The minimum Gasteiger partial charge on any atom is -0.480 e. The van der Waals surface area contributed by atoms with Gasteiger partial charge < -0.3 is 30.5 Å². The fourth-order valence-corrected chi connectivity index (χ4v) is 3.38. The minimum absolute atomic E-state index is 0. The summed E-state index contributed by atoms with van der Waals surface area (Å²) in [5, 5.41) is 0.989. The number of rotatable bonds is 10. The fraction of sp³-hybridized carbons (Fsp3) is 0.524. The van der Waals surface area contributed by atoms with Crippen LogP contribution in [0.1, 0.15) is 39.4 Å². The first-order valence-corrected chi connectivity index (χ1v) is 9.88. The third-order valence-electron chi connectivity index (χ3n) is 4.73. The molecule has 1 aromatic carbocycles. The van der Waals surface area contributed by atoms with Gasteiger partial charge in [0.15, 0.2) is 0 Å². The average molecular weight is 491 g/mol. The van der Waals surface area contributed by atoms with E-state index in [1.54, 1.807) is 0 Å². The van der Waals surface area contributed by atoms with Crippen molar-refractivity contribution in [1.82, 2.24) is 14.5 Å². The molecule has 0 atom stereocenters. The van der Waals surface area contributed by atoms with Gasteiger partial charge in [0.2, 0.25) is 0 Å². The summed E-state index contributed by atoms with van der Waals surface area (Å²) in [6.45, 7) is 9.08. The Morgan fingerprint density at radius 2 is 1.93 bits per heavy atom. The van der Waals surface area contributed by atoms with E-state index < -0.39 is 5.60 Å². The van der Waals surface area contributed by atoms with Crippen molar-refractivity contribution in [1.29, 1.82) is 0 Å². The molecule has 3 aromatic rings. The molecule has 0 radical (unpaired) electrons. The number of fused-ring (bicyclic) bond motifs is 3. The molecule has 7 nitrogen and oxygen atoms in total. The molecule has 162 valence electrons. The number of benzene rings is 1. The molecule has 0 aliphatic heterocycles. The van der Waals surface area contributed by atoms with Crippen molar-refractivity contribution in [3.05, 3.63) is 35.8 Å². The largest absolute Gasteiger partial charge is 0.480 e. The van der Waals surface area contributed by atoms with Gasteiger partial charge in [0, 0.05) is 39.0 Å². The maximum Gasteiger partial charge on any atom is 0.136 e. The van der Waals surface area contributed by atoms with Crippen molar-refractivity contribution in [2.75, 3.05) is 19.8 Å². The summed E-state index contributed by atoms with van der Waals surface area (Å²) in [6, 6.07) is 7.89. The second-order valence-electron chi connectivity index (χ2n) is 7.53. The Labute approximate surface area is 185 Å². The SMILES string of the molecule is CCOCc1nc2c([NH-])nc3ccccc3c2n1CC(C)(C)OCCCCN.[Pd]. The first-order valence-electron chi connectivity index (χ1n) is 9.88. The van der Waals surface area contributed by atoms with Crippen molar-refractivity contribution in [3.63, 3.8) is 0 Å². The summed E-state index contributed by atoms with van der Waals surface area (Å²) in [6.07, 6.45) is 1.90. The van der Waals surface area contributed by atoms with Gasteiger partial charge in [-0.3, -0.25) is 0 Å². The Morgan fingerprint density at radius 3 is 2.66 bits per heavy atom. The summed E-state index contributed by atoms with van der Waals surface area (Å²) < 4.78 is 13.9. The summed E-state index contributed by atoms with van der Waals surface area (Å²) in [4.78, 5) is 9.12. The van der Waals surface area contributed by atoms with Gasteiger partial charge in [0.1, 0.15) is 12.4 Å². The van der Waals surface area contributed by atoms with Crippen LogP contribution < -0.4 is 5.73 Å². The quantitative estimate of drug-likeness (QED) is 0.337. The molecule has 0 spiro atoms. The number of hydrogen-bond donors (Lipinski definition) is 1. The van der Waals surface area contributed by atoms with Crippen molar-refractivity contribution in [2.45, 2.75) is 52.4 Å². The predicted molar refractivity (Wildman–Crippen MR) is 113 cm³/mol. The van der Waals surface area contributed by atoms with E-state index >= 15 is 0 Å². The van der Waals surface area contributed by atoms with Crippen molar-refractivity contribution in [3.8, 4) is 0 Å². The Morgan fingerprint density at radius 1 is 1.17 bits per heavy atom. The summed E-state index contributed by atoms with van der Waals surface area (Å²) in [5.41, 5.74) is 15.9. The van der Waals surface area contributed by atoms with Gasteiger partial charge in [-0.05, 0) is 51.5 Å². The van der Waals surface area contributed by atoms with Crippen molar-refractivity contribution in [2.24, 2.45) is 5.73 Å². The van der Waals surface area contributed by atoms with E-state index in [9.17, 15) is 0 Å². The van der Waals surface area contributed by atoms with Crippen molar-refractivity contribution >= 4 is 27.8 Å². The van der Waals surface area contributed by atoms with E-state index in [1.165, 1.54) is 0 Å². The van der Waals surface area contributed by atoms with Crippen LogP contribution >= 0.6 is 0 Å². The molecule has 0 fully saturated rings. The Hall–Kier alpha value is -1.56. The molecule has 0 bridgehead atoms. The molecule has 0 aliphatic carbocycles. The van der Waals surface area contributed by atoms with Crippen LogP contribution in [0.5, 0.6) is 0 Å². The summed E-state index contributed by atoms with van der Waals surface area (Å²) in [7, 11) is 0. The van der Waals surface area contributed by atoms with Gasteiger partial charge in [-0.25, -0.2) is 4.98 Å². The van der Waals surface area contributed by atoms with Gasteiger partial charge >= 0.3 is 0 Å². The predicted octanol–water partition coefficient (Wildman–Crippen LogP) is 4.34. The average Bonchev–Trinajstić information content (AvgIpc) is 3.02. The maximum atomic E-state index is 8.35. The standard InChI is InChI=1S/C21H30N5O2.Pd/c1-4-27-13-17-25-18-19(15-9-5-6-10-16(15)24-20(18)23)26(17)14-21(2,3)28-12-8-7-11-22;/h5-6,9-10H,4,7-8,11-14,22H2,1-3H3,(H-,23,24);/q-1;. The number of unbranched alkanes of at least 4 members (excludes halogenated alkanes) is 1. The summed E-state index contributed by atoms with van der Waals surface area (Å²) in [5.74, 6) is 0.981. The number of hydrogen-bond acceptors (Lipinski definition) is 5. The van der Waals surface area contributed by atoms with Crippen LogP contribution in [0, 0.1) is 0 Å². The van der Waals surface area contributed by atoms with E-state index in [0.717, 1.165) is 35.1 Å². The van der Waals surface area contributed by atoms with E-state index in [1.807, 2.05) is 31.2 Å². The second-order valence-corrected chi connectivity index (χ2v) is 7.53. The maximum absolute atomic E-state index is 8.35. The third kappa shape index (κ3) is 5.53. The van der Waals surface area contributed by atoms with E-state index in [4.69, 9.17) is 25.9 Å². The number of nitrogens with one attached hydrogen (secondary N) is 1. The van der Waals surface area contributed by atoms with Crippen LogP contribution in [0.2, 0.25) is 0 Å². The molecule has 0 unspecified atom stereocenters. The molecular weight excluding hydrogens is 461 g/mol. The number of nitrogens with two attached hydrogens (primary N) is 1. The molecule has 8 heteroatoms. The number of aromatic nitrogens is 3. The van der Waals surface area contributed by atoms with Gasteiger partial charge in [-0.2, -0.15) is 0 Å². The van der Waals surface area contributed by atoms with Gasteiger partial charge in [-0.15, -0.1) is 0 Å². The van der Waals surface area contributed by atoms with Crippen LogP contribution in [0.15, 0.2) is 24.3 Å². The number of pyridine rings is 1. The first kappa shape index (κ1) is 23.7. The topological polar surface area (TPSA) is 99.0 Å². The number of para-hydroxylation sites is 1. The van der Waals surface area contributed by atoms with E-state index in [-0.39, 0.29) is 26.2 Å². The van der Waals surface area contributed by atoms with Crippen LogP contribution in [0.3, 0.4) is 0 Å². The van der Waals surface area contributed by atoms with Gasteiger partial charge in [0.05, 0.1) is 23.2 Å². The van der Waals surface area contributed by atoms with Crippen LogP contribution in [0.25, 0.3) is 27.7 Å². The zero-order valence-electron chi connectivity index (χ0n) is 17.3. The molecule has 2 aromatic heterocycles. The smallest absolute Gasteiger partial charge is 0.136 e. The van der Waals surface area contributed by atoms with E-state index in [0.29, 0.717) is 38.4 Å². The molecule has 3 N–H and O–H groups in total. The Bertz CT molecular complexity index is 942. The first-order chi connectivity index (χ1) is 13.5.